The van der Waals surface area contributed by atoms with Crippen LogP contribution in [0.15, 0.2) is 0 Å². The number of rotatable bonds is 6. The zero-order valence-electron chi connectivity index (χ0n) is 9.14. The van der Waals surface area contributed by atoms with Gasteiger partial charge in [0.2, 0.25) is 0 Å². The monoisotopic (exact) mass is 185 g/mol. The second kappa shape index (κ2) is 4.43. The Morgan fingerprint density at radius 2 is 1.92 bits per heavy atom. The Morgan fingerprint density at radius 1 is 1.31 bits per heavy atom. The van der Waals surface area contributed by atoms with Crippen molar-refractivity contribution in [3.05, 3.63) is 0 Å². The Morgan fingerprint density at radius 3 is 2.31 bits per heavy atom. The molecule has 0 bridgehead atoms. The third-order valence-electron chi connectivity index (χ3n) is 3.40. The zero-order valence-corrected chi connectivity index (χ0v) is 9.14. The predicted octanol–water partition coefficient (Wildman–Crippen LogP) is 1.78. The fourth-order valence-corrected chi connectivity index (χ4v) is 1.54. The highest BCUT2D eigenvalue weighted by molar-refractivity contribution is 4.95. The van der Waals surface area contributed by atoms with Crippen LogP contribution in [0.5, 0.6) is 0 Å². The van der Waals surface area contributed by atoms with Crippen LogP contribution in [0.1, 0.15) is 40.0 Å². The molecule has 1 fully saturated rings. The van der Waals surface area contributed by atoms with Gasteiger partial charge in [-0.15, -0.1) is 0 Å². The van der Waals surface area contributed by atoms with Crippen molar-refractivity contribution in [3.8, 4) is 0 Å². The molecule has 1 aliphatic rings. The number of aliphatic hydroxyl groups excluding tert-OH is 1. The minimum absolute atomic E-state index is 0.345. The summed E-state index contributed by atoms with van der Waals surface area (Å²) in [5.41, 5.74) is 0.456. The van der Waals surface area contributed by atoms with E-state index in [4.69, 9.17) is 5.11 Å². The second-order valence-corrected chi connectivity index (χ2v) is 4.89. The van der Waals surface area contributed by atoms with Gasteiger partial charge in [-0.25, -0.2) is 0 Å². The molecule has 0 aromatic heterocycles. The highest BCUT2D eigenvalue weighted by Crippen LogP contribution is 2.47. The van der Waals surface area contributed by atoms with Crippen molar-refractivity contribution in [2.24, 2.45) is 11.3 Å². The lowest BCUT2D eigenvalue weighted by molar-refractivity contribution is 0.239. The maximum absolute atomic E-state index is 8.89. The lowest BCUT2D eigenvalue weighted by Gasteiger charge is -2.21. The molecule has 1 unspecified atom stereocenters. The molecule has 0 heterocycles. The summed E-state index contributed by atoms with van der Waals surface area (Å²) in [4.78, 5) is 0. The first-order valence-corrected chi connectivity index (χ1v) is 5.44. The number of hydrogen-bond acceptors (Lipinski definition) is 2. The van der Waals surface area contributed by atoms with E-state index in [1.807, 2.05) is 0 Å². The minimum atomic E-state index is 0.345. The van der Waals surface area contributed by atoms with E-state index in [-0.39, 0.29) is 0 Å². The van der Waals surface area contributed by atoms with Crippen LogP contribution in [0.2, 0.25) is 0 Å². The van der Waals surface area contributed by atoms with Crippen LogP contribution < -0.4 is 5.32 Å². The average Bonchev–Trinajstić information content (AvgIpc) is 2.82. The summed E-state index contributed by atoms with van der Waals surface area (Å²) in [5.74, 6) is 0.699. The molecule has 0 aliphatic heterocycles. The molecule has 0 amide bonds. The van der Waals surface area contributed by atoms with Gasteiger partial charge in [-0.2, -0.15) is 0 Å². The Kier molecular flexibility index (Phi) is 3.74. The SMILES string of the molecule is CC(C)C(C)NCC1(CCO)CC1. The first-order chi connectivity index (χ1) is 6.09. The maximum Gasteiger partial charge on any atom is 0.0436 e. The van der Waals surface area contributed by atoms with Crippen LogP contribution in [0.4, 0.5) is 0 Å². The zero-order chi connectivity index (χ0) is 9.90. The van der Waals surface area contributed by atoms with Crippen LogP contribution in [0, 0.1) is 11.3 Å². The Labute approximate surface area is 81.7 Å². The molecule has 1 saturated carbocycles. The van der Waals surface area contributed by atoms with Gasteiger partial charge in [0, 0.05) is 19.2 Å². The standard InChI is InChI=1S/C11H23NO/c1-9(2)10(3)12-8-11(4-5-11)6-7-13/h9-10,12-13H,4-8H2,1-3H3. The quantitative estimate of drug-likeness (QED) is 0.661. The molecule has 0 spiro atoms. The van der Waals surface area contributed by atoms with Crippen LogP contribution in [-0.2, 0) is 0 Å². The van der Waals surface area contributed by atoms with Crippen molar-refractivity contribution in [1.29, 1.82) is 0 Å². The van der Waals surface area contributed by atoms with Crippen molar-refractivity contribution < 1.29 is 5.11 Å². The first kappa shape index (κ1) is 11.0. The van der Waals surface area contributed by atoms with E-state index in [9.17, 15) is 0 Å². The van der Waals surface area contributed by atoms with Crippen molar-refractivity contribution in [3.63, 3.8) is 0 Å². The van der Waals surface area contributed by atoms with Gasteiger partial charge in [0.15, 0.2) is 0 Å². The van der Waals surface area contributed by atoms with E-state index in [0.29, 0.717) is 24.0 Å². The topological polar surface area (TPSA) is 32.3 Å². The molecule has 1 rings (SSSR count). The highest BCUT2D eigenvalue weighted by Gasteiger charge is 2.41. The molecule has 0 aromatic rings. The van der Waals surface area contributed by atoms with Gasteiger partial charge in [-0.1, -0.05) is 13.8 Å². The van der Waals surface area contributed by atoms with Crippen LogP contribution >= 0.6 is 0 Å². The summed E-state index contributed by atoms with van der Waals surface area (Å²) in [7, 11) is 0. The summed E-state index contributed by atoms with van der Waals surface area (Å²) in [6.07, 6.45) is 3.57. The minimum Gasteiger partial charge on any atom is -0.396 e. The number of aliphatic hydroxyl groups is 1. The highest BCUT2D eigenvalue weighted by atomic mass is 16.3. The van der Waals surface area contributed by atoms with Gasteiger partial charge < -0.3 is 10.4 Å². The summed E-state index contributed by atoms with van der Waals surface area (Å²) < 4.78 is 0. The van der Waals surface area contributed by atoms with Crippen molar-refractivity contribution in [2.45, 2.75) is 46.1 Å². The lowest BCUT2D eigenvalue weighted by atomic mass is 10.0. The van der Waals surface area contributed by atoms with Gasteiger partial charge in [0.25, 0.3) is 0 Å². The molecule has 1 atom stereocenters. The number of nitrogens with one attached hydrogen (secondary N) is 1. The Balaban J connectivity index is 2.18. The molecular weight excluding hydrogens is 162 g/mol. The Bertz CT molecular complexity index is 152. The van der Waals surface area contributed by atoms with E-state index in [2.05, 4.69) is 26.1 Å². The van der Waals surface area contributed by atoms with Gasteiger partial charge in [-0.3, -0.25) is 0 Å². The molecular formula is C11H23NO. The molecule has 2 heteroatoms. The van der Waals surface area contributed by atoms with E-state index < -0.39 is 0 Å². The largest absolute Gasteiger partial charge is 0.396 e. The summed E-state index contributed by atoms with van der Waals surface area (Å²) in [6, 6.07) is 0.594. The van der Waals surface area contributed by atoms with Gasteiger partial charge in [0.05, 0.1) is 0 Å². The van der Waals surface area contributed by atoms with E-state index in [1.165, 1.54) is 12.8 Å². The van der Waals surface area contributed by atoms with Crippen LogP contribution in [-0.4, -0.2) is 24.3 Å². The van der Waals surface area contributed by atoms with Crippen LogP contribution in [0.25, 0.3) is 0 Å². The molecule has 78 valence electrons. The lowest BCUT2D eigenvalue weighted by Crippen LogP contribution is -2.35. The summed E-state index contributed by atoms with van der Waals surface area (Å²) >= 11 is 0. The Hall–Kier alpha value is -0.0800. The molecule has 2 nitrogen and oxygen atoms in total. The first-order valence-electron chi connectivity index (χ1n) is 5.44. The predicted molar refractivity (Wildman–Crippen MR) is 55.7 cm³/mol. The van der Waals surface area contributed by atoms with Gasteiger partial charge in [-0.05, 0) is 37.5 Å². The molecule has 13 heavy (non-hydrogen) atoms. The molecule has 0 radical (unpaired) electrons. The third-order valence-corrected chi connectivity index (χ3v) is 3.40. The third kappa shape index (κ3) is 3.28. The van der Waals surface area contributed by atoms with Crippen molar-refractivity contribution in [1.82, 2.24) is 5.32 Å². The molecule has 1 aliphatic carbocycles. The molecule has 0 saturated heterocycles. The fraction of sp³-hybridized carbons (Fsp3) is 1.00. The maximum atomic E-state index is 8.89. The van der Waals surface area contributed by atoms with Gasteiger partial charge in [0.1, 0.15) is 0 Å². The van der Waals surface area contributed by atoms with Crippen molar-refractivity contribution in [2.75, 3.05) is 13.2 Å². The summed E-state index contributed by atoms with van der Waals surface area (Å²) in [5, 5.41) is 12.4. The fourth-order valence-electron chi connectivity index (χ4n) is 1.54. The second-order valence-electron chi connectivity index (χ2n) is 4.89. The van der Waals surface area contributed by atoms with Crippen LogP contribution in [0.3, 0.4) is 0 Å². The molecule has 2 N–H and O–H groups in total. The smallest absolute Gasteiger partial charge is 0.0436 e. The average molecular weight is 185 g/mol. The van der Waals surface area contributed by atoms with E-state index >= 15 is 0 Å². The summed E-state index contributed by atoms with van der Waals surface area (Å²) in [6.45, 7) is 8.15. The normalized spacial score (nSPS) is 21.9. The van der Waals surface area contributed by atoms with Crippen molar-refractivity contribution >= 4 is 0 Å². The molecule has 0 aromatic carbocycles. The van der Waals surface area contributed by atoms with Gasteiger partial charge >= 0.3 is 0 Å². The van der Waals surface area contributed by atoms with E-state index in [1.54, 1.807) is 0 Å². The number of hydrogen-bond donors (Lipinski definition) is 2. The van der Waals surface area contributed by atoms with E-state index in [0.717, 1.165) is 13.0 Å².